The highest BCUT2D eigenvalue weighted by molar-refractivity contribution is 5.95. The highest BCUT2D eigenvalue weighted by Crippen LogP contribution is 2.19. The van der Waals surface area contributed by atoms with Gasteiger partial charge in [-0.3, -0.25) is 4.79 Å². The van der Waals surface area contributed by atoms with E-state index < -0.39 is 5.91 Å². The van der Waals surface area contributed by atoms with Crippen molar-refractivity contribution >= 4 is 5.91 Å². The van der Waals surface area contributed by atoms with E-state index in [0.29, 0.717) is 11.3 Å². The Labute approximate surface area is 91.2 Å². The Morgan fingerprint density at radius 3 is 2.40 bits per heavy atom. The molecule has 84 valence electrons. The molecule has 1 rings (SSSR count). The van der Waals surface area contributed by atoms with Gasteiger partial charge in [0.05, 0.1) is 12.7 Å². The van der Waals surface area contributed by atoms with Crippen LogP contribution in [0.5, 0.6) is 5.75 Å². The molecule has 0 unspecified atom stereocenters. The van der Waals surface area contributed by atoms with Crippen LogP contribution in [0.1, 0.15) is 36.7 Å². The fourth-order valence-corrected chi connectivity index (χ4v) is 1.16. The maximum absolute atomic E-state index is 10.9. The van der Waals surface area contributed by atoms with E-state index in [9.17, 15) is 4.79 Å². The van der Waals surface area contributed by atoms with Gasteiger partial charge in [-0.15, -0.1) is 0 Å². The molecule has 0 atom stereocenters. The number of nitrogens with two attached hydrogens (primary N) is 1. The second-order valence-corrected chi connectivity index (χ2v) is 2.75. The third-order valence-corrected chi connectivity index (χ3v) is 1.94. The first-order chi connectivity index (χ1) is 7.19. The van der Waals surface area contributed by atoms with Gasteiger partial charge in [-0.1, -0.05) is 26.8 Å². The monoisotopic (exact) mass is 209 g/mol. The highest BCUT2D eigenvalue weighted by Gasteiger charge is 2.08. The van der Waals surface area contributed by atoms with Crippen molar-refractivity contribution < 1.29 is 9.53 Å². The lowest BCUT2D eigenvalue weighted by Gasteiger charge is -2.06. The summed E-state index contributed by atoms with van der Waals surface area (Å²) in [7, 11) is 1.53. The van der Waals surface area contributed by atoms with E-state index in [4.69, 9.17) is 10.5 Å². The van der Waals surface area contributed by atoms with Crippen LogP contribution in [0.4, 0.5) is 0 Å². The standard InChI is InChI=1S/C10H13NO2.C2H6/c1-3-7-4-5-8(10(11)12)9(6-7)13-2;1-2/h4-6H,3H2,1-2H3,(H2,11,12);1-2H3. The third kappa shape index (κ3) is 3.62. The number of aryl methyl sites for hydroxylation is 1. The average molecular weight is 209 g/mol. The zero-order valence-electron chi connectivity index (χ0n) is 9.83. The fourth-order valence-electron chi connectivity index (χ4n) is 1.16. The molecule has 0 fully saturated rings. The SMILES string of the molecule is CC.CCc1ccc(C(N)=O)c(OC)c1. The molecule has 0 radical (unpaired) electrons. The molecule has 15 heavy (non-hydrogen) atoms. The van der Waals surface area contributed by atoms with Crippen molar-refractivity contribution in [3.8, 4) is 5.75 Å². The van der Waals surface area contributed by atoms with E-state index >= 15 is 0 Å². The molecular formula is C12H19NO2. The summed E-state index contributed by atoms with van der Waals surface area (Å²) in [4.78, 5) is 10.9. The third-order valence-electron chi connectivity index (χ3n) is 1.94. The van der Waals surface area contributed by atoms with Gasteiger partial charge >= 0.3 is 0 Å². The second kappa shape index (κ2) is 6.87. The summed E-state index contributed by atoms with van der Waals surface area (Å²) in [6, 6.07) is 5.41. The first kappa shape index (κ1) is 13.5. The number of methoxy groups -OCH3 is 1. The van der Waals surface area contributed by atoms with E-state index in [-0.39, 0.29) is 0 Å². The van der Waals surface area contributed by atoms with E-state index in [1.807, 2.05) is 32.9 Å². The lowest BCUT2D eigenvalue weighted by atomic mass is 10.1. The van der Waals surface area contributed by atoms with Crippen LogP contribution in [0.3, 0.4) is 0 Å². The van der Waals surface area contributed by atoms with Crippen LogP contribution in [0.15, 0.2) is 18.2 Å². The van der Waals surface area contributed by atoms with Crippen molar-refractivity contribution in [1.29, 1.82) is 0 Å². The number of benzene rings is 1. The number of primary amides is 1. The van der Waals surface area contributed by atoms with Crippen LogP contribution >= 0.6 is 0 Å². The lowest BCUT2D eigenvalue weighted by molar-refractivity contribution is 0.0997. The molecule has 1 aromatic rings. The maximum atomic E-state index is 10.9. The molecule has 3 heteroatoms. The van der Waals surface area contributed by atoms with Gasteiger partial charge in [-0.25, -0.2) is 0 Å². The normalized spacial score (nSPS) is 8.80. The summed E-state index contributed by atoms with van der Waals surface area (Å²) in [6.45, 7) is 6.04. The predicted octanol–water partition coefficient (Wildman–Crippen LogP) is 2.38. The lowest BCUT2D eigenvalue weighted by Crippen LogP contribution is -2.12. The Bertz CT molecular complexity index is 321. The van der Waals surface area contributed by atoms with Crippen molar-refractivity contribution in [2.45, 2.75) is 27.2 Å². The number of hydrogen-bond acceptors (Lipinski definition) is 2. The quantitative estimate of drug-likeness (QED) is 0.831. The van der Waals surface area contributed by atoms with Crippen LogP contribution in [0.2, 0.25) is 0 Å². The molecule has 0 aliphatic rings. The molecule has 0 bridgehead atoms. The largest absolute Gasteiger partial charge is 0.496 e. The van der Waals surface area contributed by atoms with Gasteiger partial charge in [0.1, 0.15) is 5.75 Å². The number of carbonyl (C=O) groups is 1. The maximum Gasteiger partial charge on any atom is 0.252 e. The van der Waals surface area contributed by atoms with Gasteiger partial charge in [0.2, 0.25) is 0 Å². The molecule has 1 aromatic carbocycles. The van der Waals surface area contributed by atoms with Crippen molar-refractivity contribution in [3.05, 3.63) is 29.3 Å². The Balaban J connectivity index is 0.000000921. The van der Waals surface area contributed by atoms with Crippen LogP contribution in [0, 0.1) is 0 Å². The zero-order chi connectivity index (χ0) is 11.8. The fraction of sp³-hybridized carbons (Fsp3) is 0.417. The van der Waals surface area contributed by atoms with E-state index in [1.165, 1.54) is 7.11 Å². The van der Waals surface area contributed by atoms with E-state index in [2.05, 4.69) is 0 Å². The first-order valence-electron chi connectivity index (χ1n) is 5.15. The van der Waals surface area contributed by atoms with E-state index in [0.717, 1.165) is 12.0 Å². The minimum Gasteiger partial charge on any atom is -0.496 e. The van der Waals surface area contributed by atoms with E-state index in [1.54, 1.807) is 6.07 Å². The molecule has 1 amide bonds. The zero-order valence-corrected chi connectivity index (χ0v) is 9.83. The summed E-state index contributed by atoms with van der Waals surface area (Å²) in [5, 5.41) is 0. The Morgan fingerprint density at radius 1 is 1.40 bits per heavy atom. The van der Waals surface area contributed by atoms with Gasteiger partial charge in [-0.2, -0.15) is 0 Å². The van der Waals surface area contributed by atoms with Gasteiger partial charge in [0.15, 0.2) is 0 Å². The van der Waals surface area contributed by atoms with Crippen LogP contribution in [-0.4, -0.2) is 13.0 Å². The molecule has 0 aliphatic heterocycles. The predicted molar refractivity (Wildman–Crippen MR) is 62.2 cm³/mol. The molecular weight excluding hydrogens is 190 g/mol. The number of hydrogen-bond donors (Lipinski definition) is 1. The summed E-state index contributed by atoms with van der Waals surface area (Å²) >= 11 is 0. The molecule has 0 saturated carbocycles. The number of ether oxygens (including phenoxy) is 1. The number of carbonyl (C=O) groups excluding carboxylic acids is 1. The topological polar surface area (TPSA) is 52.3 Å². The molecule has 0 heterocycles. The molecule has 3 nitrogen and oxygen atoms in total. The van der Waals surface area contributed by atoms with Gasteiger partial charge in [0.25, 0.3) is 5.91 Å². The molecule has 2 N–H and O–H groups in total. The summed E-state index contributed by atoms with van der Waals surface area (Å²) in [5.41, 5.74) is 6.72. The second-order valence-electron chi connectivity index (χ2n) is 2.75. The van der Waals surface area contributed by atoms with Gasteiger partial charge < -0.3 is 10.5 Å². The Kier molecular flexibility index (Phi) is 6.18. The first-order valence-corrected chi connectivity index (χ1v) is 5.15. The van der Waals surface area contributed by atoms with Gasteiger partial charge in [-0.05, 0) is 24.1 Å². The van der Waals surface area contributed by atoms with Crippen molar-refractivity contribution in [2.24, 2.45) is 5.73 Å². The number of rotatable bonds is 3. The molecule has 0 aliphatic carbocycles. The average Bonchev–Trinajstić information content (AvgIpc) is 2.30. The minimum absolute atomic E-state index is 0.430. The van der Waals surface area contributed by atoms with Crippen molar-refractivity contribution in [1.82, 2.24) is 0 Å². The summed E-state index contributed by atoms with van der Waals surface area (Å²) < 4.78 is 5.05. The Morgan fingerprint density at radius 2 is 2.00 bits per heavy atom. The van der Waals surface area contributed by atoms with Crippen LogP contribution in [0.25, 0.3) is 0 Å². The number of amides is 1. The van der Waals surface area contributed by atoms with Crippen molar-refractivity contribution in [3.63, 3.8) is 0 Å². The van der Waals surface area contributed by atoms with Crippen molar-refractivity contribution in [2.75, 3.05) is 7.11 Å². The summed E-state index contributed by atoms with van der Waals surface area (Å²) in [6.07, 6.45) is 0.912. The molecule has 0 saturated heterocycles. The van der Waals surface area contributed by atoms with Crippen LogP contribution < -0.4 is 10.5 Å². The molecule has 0 aromatic heterocycles. The Hall–Kier alpha value is -1.51. The van der Waals surface area contributed by atoms with Gasteiger partial charge in [0, 0.05) is 0 Å². The highest BCUT2D eigenvalue weighted by atomic mass is 16.5. The minimum atomic E-state index is -0.459. The summed E-state index contributed by atoms with van der Waals surface area (Å²) in [5.74, 6) is 0.0892. The smallest absolute Gasteiger partial charge is 0.252 e. The molecule has 0 spiro atoms. The van der Waals surface area contributed by atoms with Crippen LogP contribution in [-0.2, 0) is 6.42 Å².